The van der Waals surface area contributed by atoms with Gasteiger partial charge in [0.05, 0.1) is 0 Å². The lowest BCUT2D eigenvalue weighted by molar-refractivity contribution is 0.816. The highest BCUT2D eigenvalue weighted by Gasteiger charge is 2.00. The molecule has 0 unspecified atom stereocenters. The van der Waals surface area contributed by atoms with Crippen molar-refractivity contribution in [1.82, 2.24) is 5.32 Å². The summed E-state index contributed by atoms with van der Waals surface area (Å²) in [5, 5.41) is 3.21. The molecule has 0 amide bonds. The van der Waals surface area contributed by atoms with Gasteiger partial charge in [0, 0.05) is 0 Å². The second-order valence-corrected chi connectivity index (χ2v) is 4.30. The standard InChI is InChI=1S/C17H19N/c1-18-13-12-17(16-10-6-3-7-11-16)14-15-8-4-2-5-9-15/h2-11,14,18H,12-13H2,1H3. The molecule has 92 valence electrons. The van der Waals surface area contributed by atoms with E-state index >= 15 is 0 Å². The minimum atomic E-state index is 0.994. The predicted molar refractivity (Wildman–Crippen MR) is 79.3 cm³/mol. The molecule has 0 spiro atoms. The summed E-state index contributed by atoms with van der Waals surface area (Å²) in [5.74, 6) is 0. The van der Waals surface area contributed by atoms with Gasteiger partial charge in [-0.05, 0) is 36.7 Å². The third kappa shape index (κ3) is 3.57. The molecule has 0 aliphatic carbocycles. The second-order valence-electron chi connectivity index (χ2n) is 4.30. The highest BCUT2D eigenvalue weighted by atomic mass is 14.8. The van der Waals surface area contributed by atoms with Crippen LogP contribution in [-0.4, -0.2) is 13.6 Å². The maximum atomic E-state index is 3.21. The first-order chi connectivity index (χ1) is 8.90. The zero-order valence-corrected chi connectivity index (χ0v) is 10.8. The van der Waals surface area contributed by atoms with E-state index in [0.717, 1.165) is 13.0 Å². The first-order valence-electron chi connectivity index (χ1n) is 6.36. The van der Waals surface area contributed by atoms with Crippen LogP contribution >= 0.6 is 0 Å². The molecular weight excluding hydrogens is 218 g/mol. The molecule has 0 atom stereocenters. The summed E-state index contributed by atoms with van der Waals surface area (Å²) in [6, 6.07) is 21.1. The molecule has 2 aromatic rings. The monoisotopic (exact) mass is 237 g/mol. The van der Waals surface area contributed by atoms with Gasteiger partial charge in [-0.2, -0.15) is 0 Å². The van der Waals surface area contributed by atoms with E-state index in [4.69, 9.17) is 0 Å². The number of rotatable bonds is 5. The topological polar surface area (TPSA) is 12.0 Å². The maximum absolute atomic E-state index is 3.21. The van der Waals surface area contributed by atoms with Crippen LogP contribution in [0.3, 0.4) is 0 Å². The molecule has 18 heavy (non-hydrogen) atoms. The normalized spacial score (nSPS) is 11.5. The maximum Gasteiger partial charge on any atom is -0.00111 e. The van der Waals surface area contributed by atoms with E-state index in [9.17, 15) is 0 Å². The SMILES string of the molecule is CNCCC(=Cc1ccccc1)c1ccccc1. The van der Waals surface area contributed by atoms with Crippen molar-refractivity contribution < 1.29 is 0 Å². The average Bonchev–Trinajstić information content (AvgIpc) is 2.45. The van der Waals surface area contributed by atoms with Crippen molar-refractivity contribution in [3.8, 4) is 0 Å². The van der Waals surface area contributed by atoms with Gasteiger partial charge in [0.25, 0.3) is 0 Å². The Hall–Kier alpha value is -1.86. The molecule has 0 aromatic heterocycles. The quantitative estimate of drug-likeness (QED) is 0.779. The second kappa shape index (κ2) is 6.77. The molecule has 1 heteroatoms. The van der Waals surface area contributed by atoms with Crippen LogP contribution in [0.2, 0.25) is 0 Å². The fraction of sp³-hybridized carbons (Fsp3) is 0.176. The molecule has 0 fully saturated rings. The molecular formula is C17H19N. The van der Waals surface area contributed by atoms with Gasteiger partial charge in [-0.15, -0.1) is 0 Å². The van der Waals surface area contributed by atoms with Gasteiger partial charge in [0.15, 0.2) is 0 Å². The van der Waals surface area contributed by atoms with Crippen molar-refractivity contribution in [2.45, 2.75) is 6.42 Å². The van der Waals surface area contributed by atoms with Gasteiger partial charge in [-0.1, -0.05) is 66.7 Å². The molecule has 1 N–H and O–H groups in total. The highest BCUT2D eigenvalue weighted by molar-refractivity contribution is 5.81. The van der Waals surface area contributed by atoms with Crippen LogP contribution in [-0.2, 0) is 0 Å². The molecule has 1 nitrogen and oxygen atoms in total. The van der Waals surface area contributed by atoms with Crippen molar-refractivity contribution in [3.05, 3.63) is 71.8 Å². The summed E-state index contributed by atoms with van der Waals surface area (Å²) in [4.78, 5) is 0. The van der Waals surface area contributed by atoms with E-state index in [0.29, 0.717) is 0 Å². The van der Waals surface area contributed by atoms with Crippen LogP contribution in [0.15, 0.2) is 60.7 Å². The Morgan fingerprint density at radius 3 is 2.17 bits per heavy atom. The Labute approximate surface area is 109 Å². The van der Waals surface area contributed by atoms with Crippen molar-refractivity contribution in [3.63, 3.8) is 0 Å². The van der Waals surface area contributed by atoms with Crippen molar-refractivity contribution in [1.29, 1.82) is 0 Å². The smallest absolute Gasteiger partial charge is 0.00111 e. The largest absolute Gasteiger partial charge is 0.319 e. The third-order valence-electron chi connectivity index (χ3n) is 2.93. The van der Waals surface area contributed by atoms with Crippen molar-refractivity contribution in [2.24, 2.45) is 0 Å². The molecule has 2 aromatic carbocycles. The van der Waals surface area contributed by atoms with Crippen LogP contribution in [0.4, 0.5) is 0 Å². The molecule has 0 aliphatic rings. The fourth-order valence-corrected chi connectivity index (χ4v) is 1.96. The van der Waals surface area contributed by atoms with Crippen LogP contribution < -0.4 is 5.32 Å². The Morgan fingerprint density at radius 1 is 0.944 bits per heavy atom. The number of benzene rings is 2. The first-order valence-corrected chi connectivity index (χ1v) is 6.36. The summed E-state index contributed by atoms with van der Waals surface area (Å²) in [6.45, 7) is 0.994. The molecule has 0 radical (unpaired) electrons. The summed E-state index contributed by atoms with van der Waals surface area (Å²) in [7, 11) is 1.99. The molecule has 0 saturated carbocycles. The first kappa shape index (κ1) is 12.6. The Bertz CT molecular complexity index is 486. The Kier molecular flexibility index (Phi) is 4.74. The van der Waals surface area contributed by atoms with Crippen molar-refractivity contribution in [2.75, 3.05) is 13.6 Å². The summed E-state index contributed by atoms with van der Waals surface area (Å²) < 4.78 is 0. The lowest BCUT2D eigenvalue weighted by Crippen LogP contribution is -2.08. The molecule has 0 heterocycles. The van der Waals surface area contributed by atoms with E-state index in [1.807, 2.05) is 13.1 Å². The minimum absolute atomic E-state index is 0.994. The summed E-state index contributed by atoms with van der Waals surface area (Å²) >= 11 is 0. The van der Waals surface area contributed by atoms with E-state index in [1.165, 1.54) is 16.7 Å². The number of hydrogen-bond acceptors (Lipinski definition) is 1. The Morgan fingerprint density at radius 2 is 1.56 bits per heavy atom. The highest BCUT2D eigenvalue weighted by Crippen LogP contribution is 2.20. The lowest BCUT2D eigenvalue weighted by Gasteiger charge is -2.08. The fourth-order valence-electron chi connectivity index (χ4n) is 1.96. The summed E-state index contributed by atoms with van der Waals surface area (Å²) in [5.41, 5.74) is 3.93. The molecule has 0 bridgehead atoms. The number of hydrogen-bond donors (Lipinski definition) is 1. The van der Waals surface area contributed by atoms with Gasteiger partial charge < -0.3 is 5.32 Å². The number of nitrogens with one attached hydrogen (secondary N) is 1. The van der Waals surface area contributed by atoms with Crippen LogP contribution in [0.5, 0.6) is 0 Å². The van der Waals surface area contributed by atoms with E-state index < -0.39 is 0 Å². The predicted octanol–water partition coefficient (Wildman–Crippen LogP) is 3.84. The molecule has 2 rings (SSSR count). The zero-order valence-electron chi connectivity index (χ0n) is 10.8. The van der Waals surface area contributed by atoms with Crippen LogP contribution in [0.1, 0.15) is 17.5 Å². The lowest BCUT2D eigenvalue weighted by atomic mass is 10.00. The van der Waals surface area contributed by atoms with Crippen LogP contribution in [0.25, 0.3) is 11.6 Å². The van der Waals surface area contributed by atoms with Gasteiger partial charge >= 0.3 is 0 Å². The average molecular weight is 237 g/mol. The molecule has 0 saturated heterocycles. The third-order valence-corrected chi connectivity index (χ3v) is 2.93. The van der Waals surface area contributed by atoms with Gasteiger partial charge in [-0.25, -0.2) is 0 Å². The molecule has 0 aliphatic heterocycles. The van der Waals surface area contributed by atoms with Gasteiger partial charge in [0.2, 0.25) is 0 Å². The van der Waals surface area contributed by atoms with Gasteiger partial charge in [-0.3, -0.25) is 0 Å². The van der Waals surface area contributed by atoms with E-state index in [2.05, 4.69) is 66.0 Å². The van der Waals surface area contributed by atoms with Crippen molar-refractivity contribution >= 4 is 11.6 Å². The summed E-state index contributed by atoms with van der Waals surface area (Å²) in [6.07, 6.45) is 3.31. The Balaban J connectivity index is 2.28. The minimum Gasteiger partial charge on any atom is -0.319 e. The van der Waals surface area contributed by atoms with E-state index in [1.54, 1.807) is 0 Å². The van der Waals surface area contributed by atoms with E-state index in [-0.39, 0.29) is 0 Å². The van der Waals surface area contributed by atoms with Crippen LogP contribution in [0, 0.1) is 0 Å². The zero-order chi connectivity index (χ0) is 12.6. The van der Waals surface area contributed by atoms with Gasteiger partial charge in [0.1, 0.15) is 0 Å².